The zero-order valence-electron chi connectivity index (χ0n) is 9.55. The number of rotatable bonds is 7. The molecule has 0 aromatic heterocycles. The average molecular weight is 201 g/mol. The van der Waals surface area contributed by atoms with E-state index in [2.05, 4.69) is 26.1 Å². The van der Waals surface area contributed by atoms with Crippen molar-refractivity contribution in [3.63, 3.8) is 0 Å². The van der Waals surface area contributed by atoms with Crippen LogP contribution in [0.4, 0.5) is 0 Å². The van der Waals surface area contributed by atoms with Crippen LogP contribution in [-0.4, -0.2) is 24.2 Å². The molecule has 84 valence electrons. The Morgan fingerprint density at radius 3 is 2.43 bits per heavy atom. The Morgan fingerprint density at radius 2 is 1.93 bits per heavy atom. The maximum atomic E-state index is 11.3. The molecule has 1 amide bonds. The molecule has 1 atom stereocenters. The normalized spacial score (nSPS) is 12.9. The largest absolute Gasteiger partial charge is 0.396 e. The lowest BCUT2D eigenvalue weighted by atomic mass is 9.98. The molecule has 0 spiro atoms. The van der Waals surface area contributed by atoms with E-state index < -0.39 is 0 Å². The lowest BCUT2D eigenvalue weighted by Gasteiger charge is -2.15. The standard InChI is InChI=1S/C11H23NO2/c1-9(2)10(3)8-12-11(14)6-4-5-7-13/h9-10,13H,4-8H2,1-3H3,(H,12,14). The zero-order valence-corrected chi connectivity index (χ0v) is 9.55. The molecular formula is C11H23NO2. The Hall–Kier alpha value is -0.570. The third-order valence-electron chi connectivity index (χ3n) is 2.57. The first-order valence-corrected chi connectivity index (χ1v) is 5.45. The van der Waals surface area contributed by atoms with Crippen molar-refractivity contribution in [3.8, 4) is 0 Å². The highest BCUT2D eigenvalue weighted by atomic mass is 16.2. The lowest BCUT2D eigenvalue weighted by Crippen LogP contribution is -2.29. The minimum absolute atomic E-state index is 0.103. The van der Waals surface area contributed by atoms with Crippen molar-refractivity contribution in [2.45, 2.75) is 40.0 Å². The number of unbranched alkanes of at least 4 members (excludes halogenated alkanes) is 1. The minimum Gasteiger partial charge on any atom is -0.396 e. The molecule has 0 aromatic carbocycles. The van der Waals surface area contributed by atoms with Gasteiger partial charge in [-0.15, -0.1) is 0 Å². The van der Waals surface area contributed by atoms with Gasteiger partial charge in [-0.3, -0.25) is 4.79 Å². The van der Waals surface area contributed by atoms with Gasteiger partial charge in [-0.1, -0.05) is 20.8 Å². The van der Waals surface area contributed by atoms with Gasteiger partial charge in [0.1, 0.15) is 0 Å². The smallest absolute Gasteiger partial charge is 0.220 e. The van der Waals surface area contributed by atoms with Crippen LogP contribution in [0.2, 0.25) is 0 Å². The third kappa shape index (κ3) is 6.89. The number of carbonyl (C=O) groups excluding carboxylic acids is 1. The van der Waals surface area contributed by atoms with Crippen LogP contribution >= 0.6 is 0 Å². The maximum Gasteiger partial charge on any atom is 0.220 e. The van der Waals surface area contributed by atoms with E-state index in [1.807, 2.05) is 0 Å². The van der Waals surface area contributed by atoms with Gasteiger partial charge in [0.25, 0.3) is 0 Å². The quantitative estimate of drug-likeness (QED) is 0.614. The van der Waals surface area contributed by atoms with Gasteiger partial charge < -0.3 is 10.4 Å². The molecular weight excluding hydrogens is 178 g/mol. The Labute approximate surface area is 86.9 Å². The number of aliphatic hydroxyl groups excluding tert-OH is 1. The van der Waals surface area contributed by atoms with Crippen LogP contribution in [0, 0.1) is 11.8 Å². The van der Waals surface area contributed by atoms with Crippen molar-refractivity contribution in [3.05, 3.63) is 0 Å². The van der Waals surface area contributed by atoms with Crippen LogP contribution in [0.3, 0.4) is 0 Å². The van der Waals surface area contributed by atoms with E-state index >= 15 is 0 Å². The highest BCUT2D eigenvalue weighted by Gasteiger charge is 2.08. The molecule has 0 saturated carbocycles. The highest BCUT2D eigenvalue weighted by molar-refractivity contribution is 5.75. The fourth-order valence-electron chi connectivity index (χ4n) is 0.996. The summed E-state index contributed by atoms with van der Waals surface area (Å²) < 4.78 is 0. The van der Waals surface area contributed by atoms with Crippen LogP contribution in [0.1, 0.15) is 40.0 Å². The number of hydrogen-bond donors (Lipinski definition) is 2. The fourth-order valence-corrected chi connectivity index (χ4v) is 0.996. The predicted molar refractivity (Wildman–Crippen MR) is 57.9 cm³/mol. The first-order valence-electron chi connectivity index (χ1n) is 5.45. The summed E-state index contributed by atoms with van der Waals surface area (Å²) in [4.78, 5) is 11.3. The van der Waals surface area contributed by atoms with Crippen LogP contribution in [0.5, 0.6) is 0 Å². The van der Waals surface area contributed by atoms with Crippen molar-refractivity contribution < 1.29 is 9.90 Å². The number of carbonyl (C=O) groups is 1. The maximum absolute atomic E-state index is 11.3. The fraction of sp³-hybridized carbons (Fsp3) is 0.909. The molecule has 1 unspecified atom stereocenters. The summed E-state index contributed by atoms with van der Waals surface area (Å²) in [5, 5.41) is 11.4. The van der Waals surface area contributed by atoms with Crippen LogP contribution in [0.15, 0.2) is 0 Å². The van der Waals surface area contributed by atoms with Gasteiger partial charge in [0.15, 0.2) is 0 Å². The van der Waals surface area contributed by atoms with Gasteiger partial charge in [-0.25, -0.2) is 0 Å². The molecule has 0 aromatic rings. The molecule has 0 aliphatic heterocycles. The Kier molecular flexibility index (Phi) is 7.48. The first kappa shape index (κ1) is 13.4. The predicted octanol–water partition coefficient (Wildman–Crippen LogP) is 1.56. The van der Waals surface area contributed by atoms with E-state index in [1.165, 1.54) is 0 Å². The van der Waals surface area contributed by atoms with E-state index in [0.29, 0.717) is 24.7 Å². The van der Waals surface area contributed by atoms with Crippen molar-refractivity contribution in [1.29, 1.82) is 0 Å². The Balaban J connectivity index is 3.44. The second-order valence-electron chi connectivity index (χ2n) is 4.21. The van der Waals surface area contributed by atoms with Gasteiger partial charge in [-0.2, -0.15) is 0 Å². The first-order chi connectivity index (χ1) is 6.57. The van der Waals surface area contributed by atoms with E-state index in [1.54, 1.807) is 0 Å². The highest BCUT2D eigenvalue weighted by Crippen LogP contribution is 2.07. The molecule has 0 saturated heterocycles. The van der Waals surface area contributed by atoms with E-state index in [9.17, 15) is 4.79 Å². The Morgan fingerprint density at radius 1 is 1.29 bits per heavy atom. The summed E-state index contributed by atoms with van der Waals surface area (Å²) in [5.74, 6) is 1.23. The third-order valence-corrected chi connectivity index (χ3v) is 2.57. The van der Waals surface area contributed by atoms with Gasteiger partial charge in [0, 0.05) is 19.6 Å². The minimum atomic E-state index is 0.103. The molecule has 14 heavy (non-hydrogen) atoms. The summed E-state index contributed by atoms with van der Waals surface area (Å²) >= 11 is 0. The molecule has 0 heterocycles. The van der Waals surface area contributed by atoms with Crippen LogP contribution in [-0.2, 0) is 4.79 Å². The van der Waals surface area contributed by atoms with Gasteiger partial charge in [-0.05, 0) is 24.7 Å². The Bertz CT molecular complexity index is 157. The average Bonchev–Trinajstić information content (AvgIpc) is 2.14. The molecule has 0 aliphatic carbocycles. The van der Waals surface area contributed by atoms with E-state index in [-0.39, 0.29) is 12.5 Å². The van der Waals surface area contributed by atoms with Crippen molar-refractivity contribution in [1.82, 2.24) is 5.32 Å². The van der Waals surface area contributed by atoms with Crippen molar-refractivity contribution in [2.24, 2.45) is 11.8 Å². The topological polar surface area (TPSA) is 49.3 Å². The summed E-state index contributed by atoms with van der Waals surface area (Å²) in [5.41, 5.74) is 0. The number of nitrogens with one attached hydrogen (secondary N) is 1. The molecule has 3 nitrogen and oxygen atoms in total. The van der Waals surface area contributed by atoms with Crippen LogP contribution < -0.4 is 5.32 Å². The molecule has 0 fully saturated rings. The van der Waals surface area contributed by atoms with E-state index in [4.69, 9.17) is 5.11 Å². The summed E-state index contributed by atoms with van der Waals surface area (Å²) in [6, 6.07) is 0. The van der Waals surface area contributed by atoms with Crippen molar-refractivity contribution in [2.75, 3.05) is 13.2 Å². The van der Waals surface area contributed by atoms with Gasteiger partial charge in [0.05, 0.1) is 0 Å². The van der Waals surface area contributed by atoms with E-state index in [0.717, 1.165) is 13.0 Å². The number of aliphatic hydroxyl groups is 1. The molecule has 0 radical (unpaired) electrons. The summed E-state index contributed by atoms with van der Waals surface area (Å²) in [6.07, 6.45) is 2.02. The second kappa shape index (κ2) is 7.80. The SMILES string of the molecule is CC(C)C(C)CNC(=O)CCCCO. The number of hydrogen-bond acceptors (Lipinski definition) is 2. The zero-order chi connectivity index (χ0) is 11.0. The monoisotopic (exact) mass is 201 g/mol. The molecule has 3 heteroatoms. The molecule has 0 aliphatic rings. The van der Waals surface area contributed by atoms with Gasteiger partial charge >= 0.3 is 0 Å². The second-order valence-corrected chi connectivity index (χ2v) is 4.21. The van der Waals surface area contributed by atoms with Crippen LogP contribution in [0.25, 0.3) is 0 Å². The summed E-state index contributed by atoms with van der Waals surface area (Å²) in [6.45, 7) is 7.38. The molecule has 2 N–H and O–H groups in total. The molecule has 0 rings (SSSR count). The number of amides is 1. The lowest BCUT2D eigenvalue weighted by molar-refractivity contribution is -0.121. The molecule has 0 bridgehead atoms. The summed E-state index contributed by atoms with van der Waals surface area (Å²) in [7, 11) is 0. The van der Waals surface area contributed by atoms with Crippen molar-refractivity contribution >= 4 is 5.91 Å². The van der Waals surface area contributed by atoms with Gasteiger partial charge in [0.2, 0.25) is 5.91 Å².